The van der Waals surface area contributed by atoms with E-state index >= 15 is 0 Å². The number of halogens is 1. The Hall–Kier alpha value is -3.02. The fraction of sp³-hybridized carbons (Fsp3) is 0.167. The Morgan fingerprint density at radius 1 is 1.04 bits per heavy atom. The van der Waals surface area contributed by atoms with Gasteiger partial charge in [-0.2, -0.15) is 4.68 Å². The second kappa shape index (κ2) is 5.88. The maximum Gasteiger partial charge on any atom is 0.250 e. The van der Waals surface area contributed by atoms with Crippen molar-refractivity contribution in [2.75, 3.05) is 4.90 Å². The molecule has 1 unspecified atom stereocenters. The largest absolute Gasteiger partial charge is 0.309 e. The van der Waals surface area contributed by atoms with Gasteiger partial charge in [0.15, 0.2) is 0 Å². The molecular formula is C18H16FN5. The molecule has 0 saturated heterocycles. The molecule has 0 radical (unpaired) electrons. The molecule has 5 nitrogen and oxygen atoms in total. The number of hydrogen-bond donors (Lipinski definition) is 0. The summed E-state index contributed by atoms with van der Waals surface area (Å²) in [6.07, 6.45) is 1.99. The molecule has 0 N–H and O–H groups in total. The molecule has 1 aliphatic rings. The average Bonchev–Trinajstić information content (AvgIpc) is 3.08. The van der Waals surface area contributed by atoms with E-state index in [2.05, 4.69) is 27.7 Å². The Balaban J connectivity index is 1.75. The minimum atomic E-state index is -0.344. The summed E-state index contributed by atoms with van der Waals surface area (Å²) in [4.78, 5) is 2.03. The van der Waals surface area contributed by atoms with Crippen molar-refractivity contribution < 1.29 is 4.39 Å². The van der Waals surface area contributed by atoms with Crippen molar-refractivity contribution in [1.82, 2.24) is 20.2 Å². The highest BCUT2D eigenvalue weighted by molar-refractivity contribution is 5.46. The van der Waals surface area contributed by atoms with Gasteiger partial charge in [0.2, 0.25) is 0 Å². The summed E-state index contributed by atoms with van der Waals surface area (Å²) in [6.45, 7) is 2.66. The van der Waals surface area contributed by atoms with Gasteiger partial charge in [-0.05, 0) is 35.1 Å². The molecule has 1 aliphatic heterocycles. The molecule has 0 fully saturated rings. The molecule has 0 spiro atoms. The number of anilines is 1. The number of allylic oxidation sites excluding steroid dienone is 2. The predicted molar refractivity (Wildman–Crippen MR) is 88.7 cm³/mol. The molecule has 1 aromatic heterocycles. The van der Waals surface area contributed by atoms with E-state index in [1.165, 1.54) is 6.07 Å². The first-order valence-electron chi connectivity index (χ1n) is 7.76. The maximum atomic E-state index is 14.2. The van der Waals surface area contributed by atoms with Gasteiger partial charge in [0, 0.05) is 11.3 Å². The third-order valence-electron chi connectivity index (χ3n) is 4.21. The summed E-state index contributed by atoms with van der Waals surface area (Å²) < 4.78 is 15.9. The third kappa shape index (κ3) is 2.46. The van der Waals surface area contributed by atoms with Crippen LogP contribution in [0.15, 0.2) is 66.4 Å². The lowest BCUT2D eigenvalue weighted by atomic mass is 10.0. The van der Waals surface area contributed by atoms with E-state index in [1.54, 1.807) is 16.8 Å². The number of hydrogen-bond acceptors (Lipinski definition) is 4. The van der Waals surface area contributed by atoms with Crippen LogP contribution in [-0.2, 0) is 6.54 Å². The molecule has 1 atom stereocenters. The van der Waals surface area contributed by atoms with Gasteiger partial charge in [0.05, 0.1) is 6.54 Å². The summed E-state index contributed by atoms with van der Waals surface area (Å²) in [7, 11) is 0. The number of fused-ring (bicyclic) bond motifs is 1. The Morgan fingerprint density at radius 2 is 1.79 bits per heavy atom. The van der Waals surface area contributed by atoms with Crippen LogP contribution < -0.4 is 4.90 Å². The van der Waals surface area contributed by atoms with E-state index in [-0.39, 0.29) is 11.9 Å². The monoisotopic (exact) mass is 321 g/mol. The first kappa shape index (κ1) is 14.6. The zero-order valence-electron chi connectivity index (χ0n) is 13.2. The maximum absolute atomic E-state index is 14.2. The Labute approximate surface area is 139 Å². The predicted octanol–water partition coefficient (Wildman–Crippen LogP) is 3.33. The van der Waals surface area contributed by atoms with Gasteiger partial charge in [0.25, 0.3) is 5.95 Å². The highest BCUT2D eigenvalue weighted by Gasteiger charge is 2.29. The highest BCUT2D eigenvalue weighted by Crippen LogP contribution is 2.33. The Bertz CT molecular complexity index is 887. The van der Waals surface area contributed by atoms with E-state index < -0.39 is 0 Å². The molecule has 3 aromatic rings. The summed E-state index contributed by atoms with van der Waals surface area (Å²) >= 11 is 0. The third-order valence-corrected chi connectivity index (χ3v) is 4.21. The van der Waals surface area contributed by atoms with Crippen LogP contribution in [-0.4, -0.2) is 20.2 Å². The molecule has 120 valence electrons. The molecule has 0 bridgehead atoms. The molecule has 2 heterocycles. The summed E-state index contributed by atoms with van der Waals surface area (Å²) in [6, 6.07) is 16.5. The number of aromatic nitrogens is 4. The van der Waals surface area contributed by atoms with Crippen LogP contribution in [0.25, 0.3) is 0 Å². The van der Waals surface area contributed by atoms with Gasteiger partial charge >= 0.3 is 0 Å². The van der Waals surface area contributed by atoms with Gasteiger partial charge in [-0.25, -0.2) is 4.39 Å². The topological polar surface area (TPSA) is 46.8 Å². The smallest absolute Gasteiger partial charge is 0.250 e. The molecule has 24 heavy (non-hydrogen) atoms. The molecule has 0 aliphatic carbocycles. The van der Waals surface area contributed by atoms with Crippen LogP contribution in [0, 0.1) is 5.82 Å². The van der Waals surface area contributed by atoms with E-state index in [0.29, 0.717) is 18.1 Å². The molecule has 6 heteroatoms. The standard InChI is InChI=1S/C18H16FN5/c1-13-11-17(15-9-5-6-10-16(15)19)24-18(20-21-22-24)23(13)12-14-7-3-2-4-8-14/h2-11,17H,12H2,1H3. The number of rotatable bonds is 3. The van der Waals surface area contributed by atoms with Crippen molar-refractivity contribution in [2.24, 2.45) is 0 Å². The van der Waals surface area contributed by atoms with Gasteiger partial charge < -0.3 is 4.90 Å². The van der Waals surface area contributed by atoms with Crippen molar-refractivity contribution in [3.05, 3.63) is 83.3 Å². The summed E-state index contributed by atoms with van der Waals surface area (Å²) in [5, 5.41) is 12.0. The zero-order chi connectivity index (χ0) is 16.5. The minimum absolute atomic E-state index is 0.260. The SMILES string of the molecule is CC1=CC(c2ccccc2F)n2nnnc2N1Cc1ccccc1. The molecule has 4 rings (SSSR count). The van der Waals surface area contributed by atoms with E-state index in [4.69, 9.17) is 0 Å². The van der Waals surface area contributed by atoms with E-state index in [0.717, 1.165) is 11.3 Å². The zero-order valence-corrected chi connectivity index (χ0v) is 13.2. The minimum Gasteiger partial charge on any atom is -0.309 e. The molecular weight excluding hydrogens is 305 g/mol. The van der Waals surface area contributed by atoms with Gasteiger partial charge in [-0.1, -0.05) is 53.6 Å². The van der Waals surface area contributed by atoms with E-state index in [9.17, 15) is 4.39 Å². The van der Waals surface area contributed by atoms with Crippen LogP contribution in [0.3, 0.4) is 0 Å². The lowest BCUT2D eigenvalue weighted by Gasteiger charge is -2.31. The average molecular weight is 321 g/mol. The van der Waals surface area contributed by atoms with Crippen LogP contribution in [0.5, 0.6) is 0 Å². The number of tetrazole rings is 1. The second-order valence-electron chi connectivity index (χ2n) is 5.77. The van der Waals surface area contributed by atoms with Crippen LogP contribution in [0.1, 0.15) is 24.1 Å². The lowest BCUT2D eigenvalue weighted by molar-refractivity contribution is 0.523. The Kier molecular flexibility index (Phi) is 3.57. The first-order valence-corrected chi connectivity index (χ1v) is 7.76. The lowest BCUT2D eigenvalue weighted by Crippen LogP contribution is -2.31. The fourth-order valence-electron chi connectivity index (χ4n) is 2.99. The van der Waals surface area contributed by atoms with Crippen molar-refractivity contribution in [2.45, 2.75) is 19.5 Å². The summed E-state index contributed by atoms with van der Waals surface area (Å²) in [5.74, 6) is 0.358. The highest BCUT2D eigenvalue weighted by atomic mass is 19.1. The normalized spacial score (nSPS) is 16.7. The number of nitrogens with zero attached hydrogens (tertiary/aromatic N) is 5. The Morgan fingerprint density at radius 3 is 2.58 bits per heavy atom. The van der Waals surface area contributed by atoms with Crippen molar-refractivity contribution in [3.8, 4) is 0 Å². The van der Waals surface area contributed by atoms with E-state index in [1.807, 2.05) is 42.2 Å². The van der Waals surface area contributed by atoms with Gasteiger partial charge in [-0.15, -0.1) is 0 Å². The molecule has 0 saturated carbocycles. The van der Waals surface area contributed by atoms with Gasteiger partial charge in [-0.3, -0.25) is 0 Å². The van der Waals surface area contributed by atoms with Crippen LogP contribution in [0.2, 0.25) is 0 Å². The van der Waals surface area contributed by atoms with Crippen molar-refractivity contribution >= 4 is 5.95 Å². The summed E-state index contributed by atoms with van der Waals surface area (Å²) in [5.41, 5.74) is 2.71. The molecule has 2 aromatic carbocycles. The van der Waals surface area contributed by atoms with Crippen molar-refractivity contribution in [1.29, 1.82) is 0 Å². The van der Waals surface area contributed by atoms with Gasteiger partial charge in [0.1, 0.15) is 11.9 Å². The van der Waals surface area contributed by atoms with Crippen LogP contribution in [0.4, 0.5) is 10.3 Å². The number of benzene rings is 2. The first-order chi connectivity index (χ1) is 11.7. The second-order valence-corrected chi connectivity index (χ2v) is 5.77. The quantitative estimate of drug-likeness (QED) is 0.742. The fourth-order valence-corrected chi connectivity index (χ4v) is 2.99. The molecule has 0 amide bonds. The van der Waals surface area contributed by atoms with Crippen LogP contribution >= 0.6 is 0 Å². The van der Waals surface area contributed by atoms with Crippen molar-refractivity contribution in [3.63, 3.8) is 0 Å².